The molecular formula is C25H21NO3. The van der Waals surface area contributed by atoms with Crippen molar-refractivity contribution >= 4 is 27.3 Å². The number of ketones is 1. The molecule has 0 aliphatic rings. The number of hydrogen-bond donors (Lipinski definition) is 0. The van der Waals surface area contributed by atoms with Crippen LogP contribution >= 0.6 is 0 Å². The Hall–Kier alpha value is -3.84. The SMILES string of the molecule is COc1ccc(C#N)c2ccccc12.COc1ccc(C(C)=O)c2ccccc12. The van der Waals surface area contributed by atoms with Crippen molar-refractivity contribution in [1.29, 1.82) is 5.26 Å². The van der Waals surface area contributed by atoms with Crippen molar-refractivity contribution in [3.05, 3.63) is 83.9 Å². The fourth-order valence-corrected chi connectivity index (χ4v) is 3.30. The summed E-state index contributed by atoms with van der Waals surface area (Å²) < 4.78 is 10.5. The van der Waals surface area contributed by atoms with Gasteiger partial charge < -0.3 is 9.47 Å². The van der Waals surface area contributed by atoms with E-state index in [0.717, 1.165) is 38.6 Å². The molecule has 0 aromatic heterocycles. The van der Waals surface area contributed by atoms with E-state index >= 15 is 0 Å². The molecule has 0 radical (unpaired) electrons. The number of fused-ring (bicyclic) bond motifs is 2. The van der Waals surface area contributed by atoms with E-state index in [-0.39, 0.29) is 5.78 Å². The molecule has 4 nitrogen and oxygen atoms in total. The van der Waals surface area contributed by atoms with E-state index in [1.165, 1.54) is 0 Å². The third-order valence-electron chi connectivity index (χ3n) is 4.71. The number of Topliss-reactive ketones (excluding diaryl/α,β-unsaturated/α-hetero) is 1. The number of benzene rings is 4. The lowest BCUT2D eigenvalue weighted by atomic mass is 10.0. The molecule has 0 saturated carbocycles. The van der Waals surface area contributed by atoms with Gasteiger partial charge in [0.15, 0.2) is 5.78 Å². The van der Waals surface area contributed by atoms with Crippen molar-refractivity contribution in [2.45, 2.75) is 6.92 Å². The van der Waals surface area contributed by atoms with Gasteiger partial charge in [-0.25, -0.2) is 0 Å². The van der Waals surface area contributed by atoms with E-state index in [9.17, 15) is 4.79 Å². The quantitative estimate of drug-likeness (QED) is 0.421. The minimum Gasteiger partial charge on any atom is -0.496 e. The molecule has 144 valence electrons. The maximum Gasteiger partial charge on any atom is 0.160 e. The monoisotopic (exact) mass is 383 g/mol. The number of methoxy groups -OCH3 is 2. The van der Waals surface area contributed by atoms with Gasteiger partial charge in [-0.1, -0.05) is 48.5 Å². The third-order valence-corrected chi connectivity index (χ3v) is 4.71. The van der Waals surface area contributed by atoms with Gasteiger partial charge in [-0.3, -0.25) is 4.79 Å². The molecule has 0 N–H and O–H groups in total. The van der Waals surface area contributed by atoms with Crippen molar-refractivity contribution in [2.75, 3.05) is 14.2 Å². The molecule has 4 aromatic carbocycles. The van der Waals surface area contributed by atoms with Crippen molar-refractivity contribution in [3.63, 3.8) is 0 Å². The molecule has 0 unspecified atom stereocenters. The summed E-state index contributed by atoms with van der Waals surface area (Å²) in [7, 11) is 3.27. The van der Waals surface area contributed by atoms with Gasteiger partial charge in [0.1, 0.15) is 11.5 Å². The Morgan fingerprint density at radius 3 is 1.72 bits per heavy atom. The zero-order valence-electron chi connectivity index (χ0n) is 16.6. The summed E-state index contributed by atoms with van der Waals surface area (Å²) >= 11 is 0. The fraction of sp³-hybridized carbons (Fsp3) is 0.120. The van der Waals surface area contributed by atoms with Gasteiger partial charge in [0.2, 0.25) is 0 Å². The zero-order chi connectivity index (χ0) is 20.8. The molecule has 0 fully saturated rings. The molecular weight excluding hydrogens is 362 g/mol. The van der Waals surface area contributed by atoms with E-state index < -0.39 is 0 Å². The molecule has 0 saturated heterocycles. The van der Waals surface area contributed by atoms with Gasteiger partial charge in [-0.15, -0.1) is 0 Å². The predicted molar refractivity (Wildman–Crippen MR) is 116 cm³/mol. The second-order valence-corrected chi connectivity index (χ2v) is 6.39. The molecule has 0 spiro atoms. The van der Waals surface area contributed by atoms with Crippen LogP contribution in [0.15, 0.2) is 72.8 Å². The Bertz CT molecular complexity index is 1220. The summed E-state index contributed by atoms with van der Waals surface area (Å²) in [4.78, 5) is 11.4. The first-order valence-electron chi connectivity index (χ1n) is 9.13. The molecule has 0 aliphatic heterocycles. The number of nitriles is 1. The fourth-order valence-electron chi connectivity index (χ4n) is 3.30. The summed E-state index contributed by atoms with van der Waals surface area (Å²) in [5.74, 6) is 1.68. The first-order chi connectivity index (χ1) is 14.1. The molecule has 0 aliphatic carbocycles. The summed E-state index contributed by atoms with van der Waals surface area (Å²) in [6.45, 7) is 1.58. The van der Waals surface area contributed by atoms with Gasteiger partial charge in [0.25, 0.3) is 0 Å². The van der Waals surface area contributed by atoms with Crippen LogP contribution in [-0.2, 0) is 0 Å². The third kappa shape index (κ3) is 4.04. The van der Waals surface area contributed by atoms with E-state index in [0.29, 0.717) is 5.56 Å². The smallest absolute Gasteiger partial charge is 0.160 e. The van der Waals surface area contributed by atoms with Gasteiger partial charge in [-0.2, -0.15) is 5.26 Å². The molecule has 0 heterocycles. The lowest BCUT2D eigenvalue weighted by molar-refractivity contribution is 0.101. The van der Waals surface area contributed by atoms with Crippen molar-refractivity contribution in [1.82, 2.24) is 0 Å². The second kappa shape index (κ2) is 8.90. The Morgan fingerprint density at radius 2 is 1.21 bits per heavy atom. The summed E-state index contributed by atoms with van der Waals surface area (Å²) in [6.07, 6.45) is 0. The standard InChI is InChI=1S/C13H12O2.C12H9NO/c1-9(14)10-7-8-13(15-2)12-6-4-3-5-11(10)12;1-14-12-7-6-9(8-13)10-4-2-3-5-11(10)12/h3-8H,1-2H3;2-7H,1H3. The lowest BCUT2D eigenvalue weighted by Crippen LogP contribution is -1.95. The topological polar surface area (TPSA) is 59.3 Å². The van der Waals surface area contributed by atoms with Crippen molar-refractivity contribution < 1.29 is 14.3 Å². The normalized spacial score (nSPS) is 10.0. The average Bonchev–Trinajstić information content (AvgIpc) is 2.77. The van der Waals surface area contributed by atoms with E-state index in [1.807, 2.05) is 66.7 Å². The molecule has 29 heavy (non-hydrogen) atoms. The number of carbonyl (C=O) groups is 1. The highest BCUT2D eigenvalue weighted by Gasteiger charge is 2.08. The van der Waals surface area contributed by atoms with Crippen LogP contribution in [0.1, 0.15) is 22.8 Å². The van der Waals surface area contributed by atoms with Crippen molar-refractivity contribution in [2.24, 2.45) is 0 Å². The van der Waals surface area contributed by atoms with Gasteiger partial charge in [-0.05, 0) is 36.6 Å². The molecule has 4 aromatic rings. The van der Waals surface area contributed by atoms with E-state index in [2.05, 4.69) is 6.07 Å². The zero-order valence-corrected chi connectivity index (χ0v) is 16.6. The highest BCUT2D eigenvalue weighted by Crippen LogP contribution is 2.29. The van der Waals surface area contributed by atoms with Gasteiger partial charge in [0.05, 0.1) is 25.9 Å². The number of hydrogen-bond acceptors (Lipinski definition) is 4. The minimum absolute atomic E-state index is 0.0776. The number of rotatable bonds is 3. The summed E-state index contributed by atoms with van der Waals surface area (Å²) in [5, 5.41) is 12.8. The van der Waals surface area contributed by atoms with Crippen LogP contribution in [0.2, 0.25) is 0 Å². The van der Waals surface area contributed by atoms with Gasteiger partial charge in [0, 0.05) is 21.7 Å². The van der Waals surface area contributed by atoms with Crippen LogP contribution in [0.4, 0.5) is 0 Å². The Morgan fingerprint density at radius 1 is 0.724 bits per heavy atom. The Labute approximate surface area is 169 Å². The van der Waals surface area contributed by atoms with Crippen LogP contribution < -0.4 is 9.47 Å². The highest BCUT2D eigenvalue weighted by molar-refractivity contribution is 6.08. The number of ether oxygens (including phenoxy) is 2. The first-order valence-corrected chi connectivity index (χ1v) is 9.13. The van der Waals surface area contributed by atoms with E-state index in [4.69, 9.17) is 14.7 Å². The predicted octanol–water partition coefficient (Wildman–Crippen LogP) is 5.77. The van der Waals surface area contributed by atoms with Crippen LogP contribution in [0.3, 0.4) is 0 Å². The largest absolute Gasteiger partial charge is 0.496 e. The minimum atomic E-state index is 0.0776. The highest BCUT2D eigenvalue weighted by atomic mass is 16.5. The van der Waals surface area contributed by atoms with Crippen LogP contribution in [0.5, 0.6) is 11.5 Å². The lowest BCUT2D eigenvalue weighted by Gasteiger charge is -2.07. The van der Waals surface area contributed by atoms with Crippen LogP contribution in [0, 0.1) is 11.3 Å². The number of nitrogens with zero attached hydrogens (tertiary/aromatic N) is 1. The van der Waals surface area contributed by atoms with Gasteiger partial charge >= 0.3 is 0 Å². The maximum atomic E-state index is 11.4. The molecule has 4 rings (SSSR count). The van der Waals surface area contributed by atoms with Crippen molar-refractivity contribution in [3.8, 4) is 17.6 Å². The summed E-state index contributed by atoms with van der Waals surface area (Å²) in [5.41, 5.74) is 1.42. The maximum absolute atomic E-state index is 11.4. The Kier molecular flexibility index (Phi) is 6.11. The molecule has 4 heteroatoms. The molecule has 0 bridgehead atoms. The molecule has 0 atom stereocenters. The average molecular weight is 383 g/mol. The second-order valence-electron chi connectivity index (χ2n) is 6.39. The number of carbonyl (C=O) groups excluding carboxylic acids is 1. The van der Waals surface area contributed by atoms with E-state index in [1.54, 1.807) is 27.2 Å². The molecule has 0 amide bonds. The van der Waals surface area contributed by atoms with Crippen LogP contribution in [-0.4, -0.2) is 20.0 Å². The van der Waals surface area contributed by atoms with Crippen LogP contribution in [0.25, 0.3) is 21.5 Å². The summed E-state index contributed by atoms with van der Waals surface area (Å²) in [6, 6.07) is 24.9. The Balaban J connectivity index is 0.000000166. The first kappa shape index (κ1) is 19.9.